The van der Waals surface area contributed by atoms with Crippen LogP contribution in [0.2, 0.25) is 0 Å². The number of imide groups is 1. The monoisotopic (exact) mass is 308 g/mol. The Kier molecular flexibility index (Phi) is 3.64. The Hall–Kier alpha value is -3.41. The number of benzene rings is 2. The molecule has 1 aliphatic heterocycles. The Morgan fingerprint density at radius 2 is 1.74 bits per heavy atom. The Balaban J connectivity index is 1.95. The van der Waals surface area contributed by atoms with E-state index in [-0.39, 0.29) is 5.56 Å². The zero-order valence-corrected chi connectivity index (χ0v) is 11.9. The number of rotatable bonds is 3. The number of fused-ring (bicyclic) bond motifs is 1. The minimum Gasteiger partial charge on any atom is -0.478 e. The zero-order valence-electron chi connectivity index (χ0n) is 11.9. The van der Waals surface area contributed by atoms with Gasteiger partial charge in [-0.25, -0.2) is 4.79 Å². The number of carbonyl (C=O) groups is 3. The van der Waals surface area contributed by atoms with Crippen LogP contribution in [-0.2, 0) is 4.79 Å². The highest BCUT2D eigenvalue weighted by atomic mass is 16.4. The zero-order chi connectivity index (χ0) is 16.4. The van der Waals surface area contributed by atoms with E-state index in [0.29, 0.717) is 22.4 Å². The normalized spacial score (nSPS) is 15.0. The van der Waals surface area contributed by atoms with Crippen molar-refractivity contribution in [2.75, 3.05) is 5.32 Å². The third-order valence-electron chi connectivity index (χ3n) is 3.43. The van der Waals surface area contributed by atoms with Crippen LogP contribution in [-0.4, -0.2) is 22.9 Å². The molecule has 0 aliphatic carbocycles. The second-order valence-corrected chi connectivity index (χ2v) is 4.92. The first-order valence-corrected chi connectivity index (χ1v) is 6.81. The second-order valence-electron chi connectivity index (χ2n) is 4.92. The summed E-state index contributed by atoms with van der Waals surface area (Å²) in [5, 5.41) is 14.2. The number of carbonyl (C=O) groups excluding carboxylic acids is 2. The van der Waals surface area contributed by atoms with Crippen molar-refractivity contribution >= 4 is 29.0 Å². The third-order valence-corrected chi connectivity index (χ3v) is 3.43. The molecular formula is C17H12N2O4. The first-order chi connectivity index (χ1) is 11.1. The highest BCUT2D eigenvalue weighted by Gasteiger charge is 2.26. The van der Waals surface area contributed by atoms with Gasteiger partial charge in [0.05, 0.1) is 11.1 Å². The maximum Gasteiger partial charge on any atom is 0.335 e. The van der Waals surface area contributed by atoms with Gasteiger partial charge in [-0.3, -0.25) is 14.9 Å². The summed E-state index contributed by atoms with van der Waals surface area (Å²) in [5.74, 6) is -1.97. The van der Waals surface area contributed by atoms with E-state index in [2.05, 4.69) is 10.6 Å². The van der Waals surface area contributed by atoms with Crippen molar-refractivity contribution in [2.24, 2.45) is 0 Å². The average Bonchev–Trinajstić information content (AvgIpc) is 2.55. The predicted molar refractivity (Wildman–Crippen MR) is 83.9 cm³/mol. The lowest BCUT2D eigenvalue weighted by Crippen LogP contribution is -2.36. The summed E-state index contributed by atoms with van der Waals surface area (Å²) in [4.78, 5) is 34.8. The lowest BCUT2D eigenvalue weighted by Gasteiger charge is -2.18. The summed E-state index contributed by atoms with van der Waals surface area (Å²) < 4.78 is 0. The van der Waals surface area contributed by atoms with Crippen molar-refractivity contribution in [3.63, 3.8) is 0 Å². The van der Waals surface area contributed by atoms with Crippen LogP contribution in [0.15, 0.2) is 54.7 Å². The number of anilines is 1. The summed E-state index contributed by atoms with van der Waals surface area (Å²) >= 11 is 0. The molecule has 0 bridgehead atoms. The molecular weight excluding hydrogens is 296 g/mol. The van der Waals surface area contributed by atoms with Gasteiger partial charge in [-0.15, -0.1) is 0 Å². The Morgan fingerprint density at radius 3 is 2.48 bits per heavy atom. The van der Waals surface area contributed by atoms with Gasteiger partial charge < -0.3 is 10.4 Å². The Bertz CT molecular complexity index is 855. The van der Waals surface area contributed by atoms with Gasteiger partial charge in [-0.1, -0.05) is 24.3 Å². The van der Waals surface area contributed by atoms with E-state index in [1.54, 1.807) is 36.4 Å². The molecule has 114 valence electrons. The molecule has 6 nitrogen and oxygen atoms in total. The molecule has 0 spiro atoms. The quantitative estimate of drug-likeness (QED) is 0.596. The van der Waals surface area contributed by atoms with Gasteiger partial charge in [-0.2, -0.15) is 0 Å². The number of hydrogen-bond donors (Lipinski definition) is 3. The lowest BCUT2D eigenvalue weighted by molar-refractivity contribution is -0.114. The highest BCUT2D eigenvalue weighted by molar-refractivity contribution is 6.31. The molecule has 0 atom stereocenters. The number of aromatic carboxylic acids is 1. The number of hydrogen-bond acceptors (Lipinski definition) is 4. The van der Waals surface area contributed by atoms with Gasteiger partial charge in [0, 0.05) is 23.0 Å². The number of nitrogens with one attached hydrogen (secondary N) is 2. The van der Waals surface area contributed by atoms with E-state index in [0.717, 1.165) is 0 Å². The maximum absolute atomic E-state index is 12.0. The van der Waals surface area contributed by atoms with E-state index >= 15 is 0 Å². The molecule has 2 aromatic carbocycles. The molecule has 2 amide bonds. The summed E-state index contributed by atoms with van der Waals surface area (Å²) in [7, 11) is 0. The van der Waals surface area contributed by atoms with Gasteiger partial charge in [0.25, 0.3) is 11.8 Å². The fourth-order valence-corrected chi connectivity index (χ4v) is 2.32. The predicted octanol–water partition coefficient (Wildman–Crippen LogP) is 2.11. The summed E-state index contributed by atoms with van der Waals surface area (Å²) in [6, 6.07) is 13.0. The van der Waals surface area contributed by atoms with E-state index in [1.807, 2.05) is 0 Å². The average molecular weight is 308 g/mol. The fourth-order valence-electron chi connectivity index (χ4n) is 2.32. The molecule has 0 unspecified atom stereocenters. The molecule has 3 N–H and O–H groups in total. The largest absolute Gasteiger partial charge is 0.478 e. The Morgan fingerprint density at radius 1 is 1.00 bits per heavy atom. The van der Waals surface area contributed by atoms with Crippen LogP contribution in [0, 0.1) is 0 Å². The molecule has 0 saturated heterocycles. The molecule has 2 aromatic rings. The molecule has 6 heteroatoms. The topological polar surface area (TPSA) is 95.5 Å². The molecule has 3 rings (SSSR count). The van der Waals surface area contributed by atoms with Crippen LogP contribution in [0.1, 0.15) is 26.3 Å². The molecule has 1 heterocycles. The molecule has 1 aliphatic rings. The molecule has 0 saturated carbocycles. The minimum atomic E-state index is -1.03. The van der Waals surface area contributed by atoms with Crippen molar-refractivity contribution < 1.29 is 19.5 Å². The number of carboxylic acids is 1. The van der Waals surface area contributed by atoms with E-state index in [4.69, 9.17) is 5.11 Å². The number of carboxylic acid groups (broad SMARTS) is 1. The van der Waals surface area contributed by atoms with Crippen LogP contribution >= 0.6 is 0 Å². The number of amides is 2. The van der Waals surface area contributed by atoms with E-state index in [9.17, 15) is 14.4 Å². The smallest absolute Gasteiger partial charge is 0.335 e. The van der Waals surface area contributed by atoms with Crippen LogP contribution in [0.25, 0.3) is 5.57 Å². The minimum absolute atomic E-state index is 0.136. The van der Waals surface area contributed by atoms with Crippen molar-refractivity contribution in [2.45, 2.75) is 0 Å². The van der Waals surface area contributed by atoms with Crippen LogP contribution in [0.3, 0.4) is 0 Å². The molecule has 0 radical (unpaired) electrons. The lowest BCUT2D eigenvalue weighted by atomic mass is 9.96. The van der Waals surface area contributed by atoms with Crippen LogP contribution < -0.4 is 10.6 Å². The maximum atomic E-state index is 12.0. The van der Waals surface area contributed by atoms with Gasteiger partial charge in [-0.05, 0) is 24.3 Å². The highest BCUT2D eigenvalue weighted by Crippen LogP contribution is 2.24. The van der Waals surface area contributed by atoms with Gasteiger partial charge in [0.15, 0.2) is 0 Å². The second kappa shape index (κ2) is 5.76. The van der Waals surface area contributed by atoms with Crippen molar-refractivity contribution in [1.29, 1.82) is 0 Å². The summed E-state index contributed by atoms with van der Waals surface area (Å²) in [5.41, 5.74) is 1.92. The fraction of sp³-hybridized carbons (Fsp3) is 0. The van der Waals surface area contributed by atoms with Gasteiger partial charge in [0.1, 0.15) is 0 Å². The third kappa shape index (κ3) is 2.82. The summed E-state index contributed by atoms with van der Waals surface area (Å²) in [6.45, 7) is 0. The van der Waals surface area contributed by atoms with E-state index in [1.165, 1.54) is 18.3 Å². The SMILES string of the molecule is O=C1NC(=O)c2ccccc2/C1=C/Nc1cccc(C(=O)O)c1. The molecule has 0 fully saturated rings. The van der Waals surface area contributed by atoms with Crippen molar-refractivity contribution in [3.05, 3.63) is 71.4 Å². The molecule has 0 aromatic heterocycles. The Labute approximate surface area is 131 Å². The van der Waals surface area contributed by atoms with Gasteiger partial charge in [0.2, 0.25) is 0 Å². The first kappa shape index (κ1) is 14.5. The van der Waals surface area contributed by atoms with Crippen LogP contribution in [0.4, 0.5) is 5.69 Å². The summed E-state index contributed by atoms with van der Waals surface area (Å²) in [6.07, 6.45) is 1.46. The van der Waals surface area contributed by atoms with Crippen LogP contribution in [0.5, 0.6) is 0 Å². The van der Waals surface area contributed by atoms with Gasteiger partial charge >= 0.3 is 5.97 Å². The van der Waals surface area contributed by atoms with Crippen molar-refractivity contribution in [1.82, 2.24) is 5.32 Å². The van der Waals surface area contributed by atoms with Crippen molar-refractivity contribution in [3.8, 4) is 0 Å². The first-order valence-electron chi connectivity index (χ1n) is 6.81. The molecule has 23 heavy (non-hydrogen) atoms. The van der Waals surface area contributed by atoms with E-state index < -0.39 is 17.8 Å². The standard InChI is InChI=1S/C17H12N2O4/c20-15-13-7-2-1-6-12(13)14(16(21)19-15)9-18-11-5-3-4-10(8-11)17(22)23/h1-9,18H,(H,22,23)(H,19,20,21)/b14-9-.